The van der Waals surface area contributed by atoms with Gasteiger partial charge in [0.25, 0.3) is 0 Å². The molecular weight excluding hydrogens is 206 g/mol. The smallest absolute Gasteiger partial charge is 0.168 e. The predicted octanol–water partition coefficient (Wildman–Crippen LogP) is 2.88. The van der Waals surface area contributed by atoms with Gasteiger partial charge in [-0.15, -0.1) is 0 Å². The summed E-state index contributed by atoms with van der Waals surface area (Å²) < 4.78 is 0. The Morgan fingerprint density at radius 2 is 2.07 bits per heavy atom. The molecule has 0 saturated heterocycles. The summed E-state index contributed by atoms with van der Waals surface area (Å²) in [5, 5.41) is 3.92. The Hall–Kier alpha value is -1.48. The zero-order valence-corrected chi connectivity index (χ0v) is 9.25. The molecule has 2 nitrogen and oxygen atoms in total. The van der Waals surface area contributed by atoms with E-state index in [1.807, 2.05) is 29.8 Å². The first-order valence-electron chi connectivity index (χ1n) is 4.72. The summed E-state index contributed by atoms with van der Waals surface area (Å²) >= 11 is 1.57. The molecule has 0 radical (unpaired) electrons. The number of hydrogen-bond acceptors (Lipinski definition) is 3. The van der Waals surface area contributed by atoms with E-state index >= 15 is 0 Å². The van der Waals surface area contributed by atoms with Gasteiger partial charge in [0, 0.05) is 29.8 Å². The third-order valence-electron chi connectivity index (χ3n) is 2.27. The van der Waals surface area contributed by atoms with E-state index in [0.29, 0.717) is 6.42 Å². The lowest BCUT2D eigenvalue weighted by molar-refractivity contribution is 0.0993. The minimum atomic E-state index is 0.181. The number of hydrogen-bond donors (Lipinski definition) is 0. The minimum absolute atomic E-state index is 0.181. The standard InChI is InChI=1S/C12H11NOS/c1-9-7-15-8-11(9)12(14)6-10-2-4-13-5-3-10/h2-5,7-8H,6H2,1H3. The van der Waals surface area contributed by atoms with Crippen LogP contribution in [0.25, 0.3) is 0 Å². The highest BCUT2D eigenvalue weighted by molar-refractivity contribution is 7.08. The number of pyridine rings is 1. The molecule has 76 valence electrons. The van der Waals surface area contributed by atoms with Gasteiger partial charge in [-0.2, -0.15) is 11.3 Å². The molecule has 0 N–H and O–H groups in total. The van der Waals surface area contributed by atoms with Gasteiger partial charge in [0.15, 0.2) is 5.78 Å². The maximum atomic E-state index is 11.9. The number of carbonyl (C=O) groups is 1. The van der Waals surface area contributed by atoms with Crippen molar-refractivity contribution in [1.82, 2.24) is 4.98 Å². The van der Waals surface area contributed by atoms with Gasteiger partial charge < -0.3 is 0 Å². The molecular formula is C12H11NOS. The van der Waals surface area contributed by atoms with E-state index in [4.69, 9.17) is 0 Å². The SMILES string of the molecule is Cc1cscc1C(=O)Cc1ccncc1. The van der Waals surface area contributed by atoms with Crippen molar-refractivity contribution in [3.05, 3.63) is 52.0 Å². The fourth-order valence-corrected chi connectivity index (χ4v) is 2.28. The molecule has 0 fully saturated rings. The van der Waals surface area contributed by atoms with Crippen LogP contribution in [0.1, 0.15) is 21.5 Å². The molecule has 0 saturated carbocycles. The monoisotopic (exact) mass is 217 g/mol. The van der Waals surface area contributed by atoms with Crippen molar-refractivity contribution >= 4 is 17.1 Å². The molecule has 3 heteroatoms. The third-order valence-corrected chi connectivity index (χ3v) is 3.13. The van der Waals surface area contributed by atoms with Crippen molar-refractivity contribution in [3.8, 4) is 0 Å². The topological polar surface area (TPSA) is 30.0 Å². The molecule has 0 amide bonds. The Labute approximate surface area is 92.6 Å². The van der Waals surface area contributed by atoms with Crippen molar-refractivity contribution < 1.29 is 4.79 Å². The summed E-state index contributed by atoms with van der Waals surface area (Å²) in [6.45, 7) is 1.97. The fourth-order valence-electron chi connectivity index (χ4n) is 1.43. The second-order valence-electron chi connectivity index (χ2n) is 3.42. The Balaban J connectivity index is 2.15. The Morgan fingerprint density at radius 1 is 1.33 bits per heavy atom. The molecule has 2 aromatic heterocycles. The summed E-state index contributed by atoms with van der Waals surface area (Å²) in [7, 11) is 0. The molecule has 0 aliphatic rings. The highest BCUT2D eigenvalue weighted by Gasteiger charge is 2.10. The van der Waals surface area contributed by atoms with E-state index in [-0.39, 0.29) is 5.78 Å². The summed E-state index contributed by atoms with van der Waals surface area (Å²) in [4.78, 5) is 15.8. The first kappa shape index (κ1) is 10.1. The molecule has 15 heavy (non-hydrogen) atoms. The van der Waals surface area contributed by atoms with Gasteiger partial charge in [0.1, 0.15) is 0 Å². The maximum Gasteiger partial charge on any atom is 0.168 e. The number of rotatable bonds is 3. The van der Waals surface area contributed by atoms with Crippen LogP contribution < -0.4 is 0 Å². The van der Waals surface area contributed by atoms with Gasteiger partial charge in [0.2, 0.25) is 0 Å². The normalized spacial score (nSPS) is 10.2. The van der Waals surface area contributed by atoms with Crippen molar-refractivity contribution in [2.24, 2.45) is 0 Å². The third kappa shape index (κ3) is 2.30. The maximum absolute atomic E-state index is 11.9. The lowest BCUT2D eigenvalue weighted by Gasteiger charge is -1.99. The van der Waals surface area contributed by atoms with E-state index in [1.54, 1.807) is 23.7 Å². The van der Waals surface area contributed by atoms with E-state index in [9.17, 15) is 4.79 Å². The minimum Gasteiger partial charge on any atom is -0.294 e. The van der Waals surface area contributed by atoms with Crippen LogP contribution in [0.5, 0.6) is 0 Å². The van der Waals surface area contributed by atoms with Gasteiger partial charge in [-0.3, -0.25) is 9.78 Å². The first-order chi connectivity index (χ1) is 7.27. The second kappa shape index (κ2) is 4.36. The highest BCUT2D eigenvalue weighted by atomic mass is 32.1. The van der Waals surface area contributed by atoms with E-state index in [1.165, 1.54) is 0 Å². The lowest BCUT2D eigenvalue weighted by atomic mass is 10.0. The molecule has 0 unspecified atom stereocenters. The molecule has 0 aliphatic carbocycles. The Bertz CT molecular complexity index is 461. The molecule has 2 rings (SSSR count). The van der Waals surface area contributed by atoms with Gasteiger partial charge in [-0.05, 0) is 35.6 Å². The van der Waals surface area contributed by atoms with Crippen LogP contribution in [0.4, 0.5) is 0 Å². The van der Waals surface area contributed by atoms with Crippen LogP contribution in [0, 0.1) is 6.92 Å². The van der Waals surface area contributed by atoms with Crippen LogP contribution >= 0.6 is 11.3 Å². The molecule has 2 aromatic rings. The summed E-state index contributed by atoms with van der Waals surface area (Å²) in [5.41, 5.74) is 2.93. The van der Waals surface area contributed by atoms with Crippen LogP contribution in [-0.2, 0) is 6.42 Å². The van der Waals surface area contributed by atoms with Crippen molar-refractivity contribution in [2.45, 2.75) is 13.3 Å². The number of carbonyl (C=O) groups excluding carboxylic acids is 1. The molecule has 0 spiro atoms. The lowest BCUT2D eigenvalue weighted by Crippen LogP contribution is -2.03. The number of Topliss-reactive ketones (excluding diaryl/α,β-unsaturated/α-hetero) is 1. The van der Waals surface area contributed by atoms with Crippen LogP contribution in [0.15, 0.2) is 35.3 Å². The van der Waals surface area contributed by atoms with Crippen molar-refractivity contribution in [3.63, 3.8) is 0 Å². The zero-order chi connectivity index (χ0) is 10.7. The quantitative estimate of drug-likeness (QED) is 0.740. The first-order valence-corrected chi connectivity index (χ1v) is 5.66. The number of thiophene rings is 1. The van der Waals surface area contributed by atoms with Crippen LogP contribution in [0.2, 0.25) is 0 Å². The zero-order valence-electron chi connectivity index (χ0n) is 8.43. The summed E-state index contributed by atoms with van der Waals surface area (Å²) in [5.74, 6) is 0.181. The van der Waals surface area contributed by atoms with E-state index in [0.717, 1.165) is 16.7 Å². The molecule has 0 atom stereocenters. The fraction of sp³-hybridized carbons (Fsp3) is 0.167. The Morgan fingerprint density at radius 3 is 2.67 bits per heavy atom. The predicted molar refractivity (Wildman–Crippen MR) is 61.3 cm³/mol. The number of ketones is 1. The molecule has 0 aromatic carbocycles. The molecule has 0 aliphatic heterocycles. The Kier molecular flexibility index (Phi) is 2.92. The number of nitrogens with zero attached hydrogens (tertiary/aromatic N) is 1. The molecule has 0 bridgehead atoms. The average molecular weight is 217 g/mol. The van der Waals surface area contributed by atoms with E-state index in [2.05, 4.69) is 4.98 Å². The van der Waals surface area contributed by atoms with Crippen molar-refractivity contribution in [2.75, 3.05) is 0 Å². The summed E-state index contributed by atoms with van der Waals surface area (Å²) in [6, 6.07) is 3.75. The second-order valence-corrected chi connectivity index (χ2v) is 4.17. The van der Waals surface area contributed by atoms with Gasteiger partial charge >= 0.3 is 0 Å². The van der Waals surface area contributed by atoms with Gasteiger partial charge in [-0.1, -0.05) is 0 Å². The average Bonchev–Trinajstić information content (AvgIpc) is 2.66. The largest absolute Gasteiger partial charge is 0.294 e. The highest BCUT2D eigenvalue weighted by Crippen LogP contribution is 2.16. The number of aromatic nitrogens is 1. The van der Waals surface area contributed by atoms with Crippen molar-refractivity contribution in [1.29, 1.82) is 0 Å². The van der Waals surface area contributed by atoms with E-state index < -0.39 is 0 Å². The van der Waals surface area contributed by atoms with Crippen LogP contribution in [0.3, 0.4) is 0 Å². The van der Waals surface area contributed by atoms with Crippen LogP contribution in [-0.4, -0.2) is 10.8 Å². The van der Waals surface area contributed by atoms with Gasteiger partial charge in [0.05, 0.1) is 0 Å². The molecule has 2 heterocycles. The summed E-state index contributed by atoms with van der Waals surface area (Å²) in [6.07, 6.45) is 3.88. The van der Waals surface area contributed by atoms with Gasteiger partial charge in [-0.25, -0.2) is 0 Å². The number of aryl methyl sites for hydroxylation is 1.